The molecule has 1 aromatic carbocycles. The number of hydrogen-bond acceptors (Lipinski definition) is 2. The Balaban J connectivity index is 2.61. The second kappa shape index (κ2) is 7.41. The first kappa shape index (κ1) is 15.0. The first-order valence-corrected chi connectivity index (χ1v) is 7.30. The molecule has 4 heteroatoms. The molecule has 0 aliphatic rings. The van der Waals surface area contributed by atoms with Gasteiger partial charge in [-0.05, 0) is 44.0 Å². The standard InChI is InChI=1S/C14H20BrNO2/c1-4-18-13-7-5-12(6-8-13)14(17)16-11(3)10(2)9-15/h5-8,10-11H,4,9H2,1-3H3,(H,16,17). The predicted molar refractivity (Wildman–Crippen MR) is 77.5 cm³/mol. The normalized spacial score (nSPS) is 13.8. The van der Waals surface area contributed by atoms with Crippen LogP contribution < -0.4 is 10.1 Å². The van der Waals surface area contributed by atoms with Crippen LogP contribution in [-0.4, -0.2) is 23.9 Å². The zero-order chi connectivity index (χ0) is 13.5. The van der Waals surface area contributed by atoms with E-state index in [1.54, 1.807) is 12.1 Å². The number of amides is 1. The van der Waals surface area contributed by atoms with E-state index in [4.69, 9.17) is 4.74 Å². The molecule has 18 heavy (non-hydrogen) atoms. The maximum absolute atomic E-state index is 12.0. The van der Waals surface area contributed by atoms with Crippen molar-refractivity contribution in [3.8, 4) is 5.75 Å². The fraction of sp³-hybridized carbons (Fsp3) is 0.500. The van der Waals surface area contributed by atoms with Gasteiger partial charge in [0.25, 0.3) is 5.91 Å². The number of carbonyl (C=O) groups is 1. The van der Waals surface area contributed by atoms with Crippen LogP contribution >= 0.6 is 15.9 Å². The number of halogens is 1. The van der Waals surface area contributed by atoms with E-state index in [1.807, 2.05) is 26.0 Å². The van der Waals surface area contributed by atoms with Crippen molar-refractivity contribution in [3.05, 3.63) is 29.8 Å². The summed E-state index contributed by atoms with van der Waals surface area (Å²) in [7, 11) is 0. The lowest BCUT2D eigenvalue weighted by molar-refractivity contribution is 0.0931. The van der Waals surface area contributed by atoms with Crippen molar-refractivity contribution in [2.24, 2.45) is 5.92 Å². The van der Waals surface area contributed by atoms with Gasteiger partial charge in [0.1, 0.15) is 5.75 Å². The van der Waals surface area contributed by atoms with E-state index in [-0.39, 0.29) is 11.9 Å². The van der Waals surface area contributed by atoms with Crippen LogP contribution in [0.1, 0.15) is 31.1 Å². The minimum atomic E-state index is -0.0432. The Kier molecular flexibility index (Phi) is 6.19. The van der Waals surface area contributed by atoms with Gasteiger partial charge < -0.3 is 10.1 Å². The van der Waals surface area contributed by atoms with Crippen molar-refractivity contribution in [1.29, 1.82) is 0 Å². The topological polar surface area (TPSA) is 38.3 Å². The molecule has 0 heterocycles. The van der Waals surface area contributed by atoms with Crippen molar-refractivity contribution in [1.82, 2.24) is 5.32 Å². The molecule has 1 N–H and O–H groups in total. The molecular formula is C14H20BrNO2. The minimum Gasteiger partial charge on any atom is -0.494 e. The van der Waals surface area contributed by atoms with E-state index < -0.39 is 0 Å². The molecule has 0 spiro atoms. The van der Waals surface area contributed by atoms with Crippen molar-refractivity contribution in [3.63, 3.8) is 0 Å². The summed E-state index contributed by atoms with van der Waals surface area (Å²) in [6, 6.07) is 7.34. The molecule has 1 aromatic rings. The second-order valence-corrected chi connectivity index (χ2v) is 5.00. The molecule has 0 radical (unpaired) electrons. The molecule has 0 aliphatic carbocycles. The van der Waals surface area contributed by atoms with Crippen LogP contribution in [0.4, 0.5) is 0 Å². The highest BCUT2D eigenvalue weighted by atomic mass is 79.9. The molecule has 100 valence electrons. The highest BCUT2D eigenvalue weighted by molar-refractivity contribution is 9.09. The van der Waals surface area contributed by atoms with E-state index in [2.05, 4.69) is 28.2 Å². The number of alkyl halides is 1. The first-order valence-electron chi connectivity index (χ1n) is 6.18. The number of ether oxygens (including phenoxy) is 1. The predicted octanol–water partition coefficient (Wildman–Crippen LogP) is 3.23. The Bertz CT molecular complexity index is 378. The fourth-order valence-electron chi connectivity index (χ4n) is 1.44. The summed E-state index contributed by atoms with van der Waals surface area (Å²) in [5, 5.41) is 3.86. The van der Waals surface area contributed by atoms with Gasteiger partial charge in [-0.2, -0.15) is 0 Å². The molecular weight excluding hydrogens is 294 g/mol. The Morgan fingerprint density at radius 3 is 2.44 bits per heavy atom. The Morgan fingerprint density at radius 1 is 1.33 bits per heavy atom. The molecule has 3 nitrogen and oxygen atoms in total. The third-order valence-corrected chi connectivity index (χ3v) is 3.90. The monoisotopic (exact) mass is 313 g/mol. The summed E-state index contributed by atoms with van der Waals surface area (Å²) in [6.07, 6.45) is 0. The summed E-state index contributed by atoms with van der Waals surface area (Å²) in [5.41, 5.74) is 0.659. The van der Waals surface area contributed by atoms with E-state index >= 15 is 0 Å². The number of hydrogen-bond donors (Lipinski definition) is 1. The first-order chi connectivity index (χ1) is 8.58. The highest BCUT2D eigenvalue weighted by Crippen LogP contribution is 2.13. The Labute approximate surface area is 117 Å². The van der Waals surface area contributed by atoms with E-state index in [1.165, 1.54) is 0 Å². The summed E-state index contributed by atoms with van der Waals surface area (Å²) in [5.74, 6) is 1.14. The van der Waals surface area contributed by atoms with Crippen LogP contribution in [0.3, 0.4) is 0 Å². The van der Waals surface area contributed by atoms with Gasteiger partial charge >= 0.3 is 0 Å². The number of rotatable bonds is 6. The van der Waals surface area contributed by atoms with Gasteiger partial charge in [0.15, 0.2) is 0 Å². The zero-order valence-corrected chi connectivity index (χ0v) is 12.7. The Hall–Kier alpha value is -1.03. The van der Waals surface area contributed by atoms with Gasteiger partial charge in [0.2, 0.25) is 0 Å². The maximum atomic E-state index is 12.0. The number of carbonyl (C=O) groups excluding carboxylic acids is 1. The SMILES string of the molecule is CCOc1ccc(C(=O)NC(C)C(C)CBr)cc1. The van der Waals surface area contributed by atoms with Gasteiger partial charge in [-0.15, -0.1) is 0 Å². The average molecular weight is 314 g/mol. The van der Waals surface area contributed by atoms with Crippen molar-refractivity contribution >= 4 is 21.8 Å². The summed E-state index contributed by atoms with van der Waals surface area (Å²) < 4.78 is 5.34. The number of nitrogens with one attached hydrogen (secondary N) is 1. The van der Waals surface area contributed by atoms with Crippen LogP contribution in [-0.2, 0) is 0 Å². The molecule has 0 bridgehead atoms. The lowest BCUT2D eigenvalue weighted by Gasteiger charge is -2.19. The van der Waals surface area contributed by atoms with Crippen LogP contribution in [0.2, 0.25) is 0 Å². The number of benzene rings is 1. The summed E-state index contributed by atoms with van der Waals surface area (Å²) >= 11 is 3.42. The van der Waals surface area contributed by atoms with Gasteiger partial charge in [-0.25, -0.2) is 0 Å². The Morgan fingerprint density at radius 2 is 1.94 bits per heavy atom. The van der Waals surface area contributed by atoms with Gasteiger partial charge in [-0.1, -0.05) is 22.9 Å². The average Bonchev–Trinajstić information content (AvgIpc) is 2.38. The van der Waals surface area contributed by atoms with E-state index in [0.717, 1.165) is 11.1 Å². The maximum Gasteiger partial charge on any atom is 0.251 e. The van der Waals surface area contributed by atoms with Crippen LogP contribution in [0.15, 0.2) is 24.3 Å². The van der Waals surface area contributed by atoms with E-state index in [0.29, 0.717) is 18.1 Å². The van der Waals surface area contributed by atoms with Crippen LogP contribution in [0.25, 0.3) is 0 Å². The highest BCUT2D eigenvalue weighted by Gasteiger charge is 2.14. The molecule has 0 aliphatic heterocycles. The van der Waals surface area contributed by atoms with Gasteiger partial charge in [0.05, 0.1) is 6.61 Å². The molecule has 1 amide bonds. The molecule has 0 saturated carbocycles. The summed E-state index contributed by atoms with van der Waals surface area (Å²) in [6.45, 7) is 6.67. The van der Waals surface area contributed by atoms with Crippen LogP contribution in [0, 0.1) is 5.92 Å². The van der Waals surface area contributed by atoms with Crippen molar-refractivity contribution < 1.29 is 9.53 Å². The zero-order valence-electron chi connectivity index (χ0n) is 11.1. The molecule has 1 rings (SSSR count). The van der Waals surface area contributed by atoms with Crippen LogP contribution in [0.5, 0.6) is 5.75 Å². The van der Waals surface area contributed by atoms with E-state index in [9.17, 15) is 4.79 Å². The second-order valence-electron chi connectivity index (χ2n) is 4.35. The minimum absolute atomic E-state index is 0.0432. The summed E-state index contributed by atoms with van der Waals surface area (Å²) in [4.78, 5) is 12.0. The molecule has 2 atom stereocenters. The third-order valence-electron chi connectivity index (χ3n) is 2.88. The van der Waals surface area contributed by atoms with Crippen molar-refractivity contribution in [2.75, 3.05) is 11.9 Å². The molecule has 0 aromatic heterocycles. The lowest BCUT2D eigenvalue weighted by atomic mass is 10.1. The fourth-order valence-corrected chi connectivity index (χ4v) is 2.00. The lowest BCUT2D eigenvalue weighted by Crippen LogP contribution is -2.37. The molecule has 0 fully saturated rings. The van der Waals surface area contributed by atoms with Gasteiger partial charge in [-0.3, -0.25) is 4.79 Å². The third kappa shape index (κ3) is 4.33. The smallest absolute Gasteiger partial charge is 0.251 e. The largest absolute Gasteiger partial charge is 0.494 e. The van der Waals surface area contributed by atoms with Gasteiger partial charge in [0, 0.05) is 16.9 Å². The molecule has 2 unspecified atom stereocenters. The van der Waals surface area contributed by atoms with Crippen molar-refractivity contribution in [2.45, 2.75) is 26.8 Å². The quantitative estimate of drug-likeness (QED) is 0.819. The molecule has 0 saturated heterocycles.